The molecule has 4 aromatic rings. The summed E-state index contributed by atoms with van der Waals surface area (Å²) < 4.78 is 23.6. The molecule has 1 unspecified atom stereocenters. The van der Waals surface area contributed by atoms with Crippen molar-refractivity contribution in [2.75, 3.05) is 31.3 Å². The van der Waals surface area contributed by atoms with Gasteiger partial charge in [0.05, 0.1) is 35.0 Å². The van der Waals surface area contributed by atoms with Crippen LogP contribution in [0.3, 0.4) is 0 Å². The Morgan fingerprint density at radius 1 is 1.00 bits per heavy atom. The number of nitrogens with zero attached hydrogens (tertiary/aromatic N) is 2. The number of carbonyl (C=O) groups is 2. The van der Waals surface area contributed by atoms with Gasteiger partial charge in [-0.1, -0.05) is 30.4 Å². The first kappa shape index (κ1) is 26.6. The number of amides is 1. The molecule has 1 aromatic heterocycles. The van der Waals surface area contributed by atoms with Crippen LogP contribution >= 0.6 is 11.3 Å². The van der Waals surface area contributed by atoms with Crippen LogP contribution in [0.5, 0.6) is 23.0 Å². The molecule has 1 atom stereocenters. The second-order valence-corrected chi connectivity index (χ2v) is 10.5. The minimum atomic E-state index is -0.944. The Labute approximate surface area is 240 Å². The fraction of sp³-hybridized carbons (Fsp3) is 0.258. The van der Waals surface area contributed by atoms with Gasteiger partial charge in [0, 0.05) is 5.56 Å². The number of hydrogen-bond acceptors (Lipinski definition) is 9. The Hall–Kier alpha value is -4.57. The van der Waals surface area contributed by atoms with Gasteiger partial charge in [-0.2, -0.15) is 0 Å². The molecule has 0 bridgehead atoms. The van der Waals surface area contributed by atoms with Crippen LogP contribution in [0.4, 0.5) is 5.13 Å². The smallest absolute Gasteiger partial charge is 0.301 e. The number of benzene rings is 3. The molecule has 0 spiro atoms. The van der Waals surface area contributed by atoms with Crippen molar-refractivity contribution in [2.24, 2.45) is 0 Å². The minimum Gasteiger partial charge on any atom is -0.507 e. The largest absolute Gasteiger partial charge is 0.507 e. The van der Waals surface area contributed by atoms with Gasteiger partial charge >= 0.3 is 5.91 Å². The summed E-state index contributed by atoms with van der Waals surface area (Å²) in [4.78, 5) is 33.4. The van der Waals surface area contributed by atoms with E-state index in [1.807, 2.05) is 38.1 Å². The van der Waals surface area contributed by atoms with Crippen molar-refractivity contribution < 1.29 is 33.6 Å². The predicted molar refractivity (Wildman–Crippen MR) is 155 cm³/mol. The average Bonchev–Trinajstić information content (AvgIpc) is 3.53. The molecular formula is C31H28N2O7S. The summed E-state index contributed by atoms with van der Waals surface area (Å²) in [6.07, 6.45) is 0.822. The van der Waals surface area contributed by atoms with E-state index in [0.717, 1.165) is 11.1 Å². The first-order chi connectivity index (χ1) is 20.0. The third-order valence-electron chi connectivity index (χ3n) is 6.77. The highest BCUT2D eigenvalue weighted by Gasteiger charge is 2.48. The van der Waals surface area contributed by atoms with E-state index in [1.54, 1.807) is 36.4 Å². The Morgan fingerprint density at radius 3 is 2.61 bits per heavy atom. The molecule has 1 saturated heterocycles. The minimum absolute atomic E-state index is 0.0476. The van der Waals surface area contributed by atoms with Crippen LogP contribution in [-0.2, 0) is 9.59 Å². The highest BCUT2D eigenvalue weighted by atomic mass is 32.1. The Morgan fingerprint density at radius 2 is 1.80 bits per heavy atom. The maximum absolute atomic E-state index is 13.7. The number of ketones is 1. The van der Waals surface area contributed by atoms with E-state index < -0.39 is 17.7 Å². The number of carbonyl (C=O) groups excluding carboxylic acids is 2. The molecule has 210 valence electrons. The first-order valence-corrected chi connectivity index (χ1v) is 14.3. The van der Waals surface area contributed by atoms with E-state index in [4.69, 9.17) is 23.9 Å². The molecule has 1 N–H and O–H groups in total. The maximum atomic E-state index is 13.7. The summed E-state index contributed by atoms with van der Waals surface area (Å²) in [7, 11) is 0. The van der Waals surface area contributed by atoms with Crippen LogP contribution in [0, 0.1) is 0 Å². The molecule has 0 radical (unpaired) electrons. The lowest BCUT2D eigenvalue weighted by Crippen LogP contribution is -2.29. The van der Waals surface area contributed by atoms with Gasteiger partial charge in [0.2, 0.25) is 0 Å². The SMILES string of the molecule is CCCOc1cccc(C2C(=C(O)c3ccc4c(c3)OCCO4)C(=O)C(=O)N2c2nc3ccc(OCC)cc3s2)c1. The molecule has 6 rings (SSSR count). The van der Waals surface area contributed by atoms with Crippen LogP contribution in [-0.4, -0.2) is 48.2 Å². The van der Waals surface area contributed by atoms with Crippen molar-refractivity contribution in [1.82, 2.24) is 4.98 Å². The third-order valence-corrected chi connectivity index (χ3v) is 7.79. The van der Waals surface area contributed by atoms with E-state index in [1.165, 1.54) is 16.2 Å². The number of aromatic nitrogens is 1. The van der Waals surface area contributed by atoms with Crippen molar-refractivity contribution in [3.05, 3.63) is 77.4 Å². The van der Waals surface area contributed by atoms with Crippen LogP contribution < -0.4 is 23.8 Å². The Balaban J connectivity index is 1.50. The summed E-state index contributed by atoms with van der Waals surface area (Å²) in [5.41, 5.74) is 1.56. The van der Waals surface area contributed by atoms with Crippen LogP contribution in [0.2, 0.25) is 0 Å². The molecule has 3 heterocycles. The molecule has 1 fully saturated rings. The van der Waals surface area contributed by atoms with Crippen molar-refractivity contribution in [3.63, 3.8) is 0 Å². The van der Waals surface area contributed by atoms with Crippen molar-refractivity contribution in [1.29, 1.82) is 0 Å². The van der Waals surface area contributed by atoms with Crippen LogP contribution in [0.25, 0.3) is 16.0 Å². The molecule has 0 aliphatic carbocycles. The van der Waals surface area contributed by atoms with E-state index in [0.29, 0.717) is 71.2 Å². The van der Waals surface area contributed by atoms with Gasteiger partial charge in [-0.3, -0.25) is 14.5 Å². The standard InChI is InChI=1S/C31H28N2O7S/c1-3-12-38-20-7-5-6-18(15-20)27-26(28(34)19-8-11-23-24(16-19)40-14-13-39-23)29(35)30(36)33(27)31-32-22-10-9-21(37-4-2)17-25(22)41-31/h5-11,15-17,27,34H,3-4,12-14H2,1-2H3. The average molecular weight is 573 g/mol. The predicted octanol–water partition coefficient (Wildman–Crippen LogP) is 5.88. The van der Waals surface area contributed by atoms with Crippen molar-refractivity contribution in [3.8, 4) is 23.0 Å². The summed E-state index contributed by atoms with van der Waals surface area (Å²) >= 11 is 1.27. The van der Waals surface area contributed by atoms with Gasteiger partial charge in [0.1, 0.15) is 30.5 Å². The van der Waals surface area contributed by atoms with Gasteiger partial charge in [-0.05, 0) is 67.4 Å². The summed E-state index contributed by atoms with van der Waals surface area (Å²) in [6, 6.07) is 16.7. The van der Waals surface area contributed by atoms with E-state index in [9.17, 15) is 14.7 Å². The lowest BCUT2D eigenvalue weighted by molar-refractivity contribution is -0.132. The van der Waals surface area contributed by atoms with Gasteiger partial charge < -0.3 is 24.1 Å². The molecule has 3 aromatic carbocycles. The number of aliphatic hydroxyl groups is 1. The summed E-state index contributed by atoms with van der Waals surface area (Å²) in [5, 5.41) is 11.9. The molecular weight excluding hydrogens is 544 g/mol. The second kappa shape index (κ2) is 11.1. The third kappa shape index (κ3) is 4.95. The number of aliphatic hydroxyl groups excluding tert-OH is 1. The second-order valence-electron chi connectivity index (χ2n) is 9.51. The first-order valence-electron chi connectivity index (χ1n) is 13.5. The highest BCUT2D eigenvalue weighted by molar-refractivity contribution is 7.22. The van der Waals surface area contributed by atoms with Crippen molar-refractivity contribution >= 4 is 44.1 Å². The van der Waals surface area contributed by atoms with Gasteiger partial charge in [-0.15, -0.1) is 0 Å². The van der Waals surface area contributed by atoms with Crippen molar-refractivity contribution in [2.45, 2.75) is 26.3 Å². The maximum Gasteiger partial charge on any atom is 0.301 e. The number of Topliss-reactive ketones (excluding diaryl/α,β-unsaturated/α-hetero) is 1. The fourth-order valence-corrected chi connectivity index (χ4v) is 5.96. The van der Waals surface area contributed by atoms with Crippen LogP contribution in [0.15, 0.2) is 66.2 Å². The normalized spacial score (nSPS) is 17.7. The number of fused-ring (bicyclic) bond motifs is 2. The molecule has 1 amide bonds. The number of ether oxygens (including phenoxy) is 4. The van der Waals surface area contributed by atoms with Gasteiger partial charge in [0.25, 0.3) is 5.78 Å². The summed E-state index contributed by atoms with van der Waals surface area (Å²) in [6.45, 7) is 5.74. The van der Waals surface area contributed by atoms with E-state index >= 15 is 0 Å². The number of hydrogen-bond donors (Lipinski definition) is 1. The zero-order chi connectivity index (χ0) is 28.5. The number of rotatable bonds is 8. The summed E-state index contributed by atoms with van der Waals surface area (Å²) in [5.74, 6) is 0.388. The number of thiazole rings is 1. The lowest BCUT2D eigenvalue weighted by Gasteiger charge is -2.23. The zero-order valence-electron chi connectivity index (χ0n) is 22.6. The lowest BCUT2D eigenvalue weighted by atomic mass is 9.95. The van der Waals surface area contributed by atoms with E-state index in [2.05, 4.69) is 0 Å². The number of anilines is 1. The van der Waals surface area contributed by atoms with Gasteiger partial charge in [0.15, 0.2) is 16.6 Å². The van der Waals surface area contributed by atoms with E-state index in [-0.39, 0.29) is 11.3 Å². The quantitative estimate of drug-likeness (QED) is 0.158. The Bertz CT molecular complexity index is 1680. The fourth-order valence-electron chi connectivity index (χ4n) is 4.94. The highest BCUT2D eigenvalue weighted by Crippen LogP contribution is 2.46. The Kier molecular flexibility index (Phi) is 7.23. The molecule has 2 aliphatic heterocycles. The van der Waals surface area contributed by atoms with Crippen LogP contribution in [0.1, 0.15) is 37.4 Å². The monoisotopic (exact) mass is 572 g/mol. The van der Waals surface area contributed by atoms with Gasteiger partial charge in [-0.25, -0.2) is 4.98 Å². The molecule has 9 nitrogen and oxygen atoms in total. The topological polar surface area (TPSA) is 107 Å². The molecule has 10 heteroatoms. The molecule has 2 aliphatic rings. The molecule has 41 heavy (non-hydrogen) atoms. The zero-order valence-corrected chi connectivity index (χ0v) is 23.4. The molecule has 0 saturated carbocycles.